The second-order valence-corrected chi connectivity index (χ2v) is 6.13. The predicted molar refractivity (Wildman–Crippen MR) is 87.2 cm³/mol. The lowest BCUT2D eigenvalue weighted by Gasteiger charge is -2.30. The molecule has 1 aromatic carbocycles. The van der Waals surface area contributed by atoms with Gasteiger partial charge in [0.15, 0.2) is 0 Å². The number of imidazole rings is 1. The van der Waals surface area contributed by atoms with Gasteiger partial charge in [-0.3, -0.25) is 0 Å². The minimum atomic E-state index is -0.189. The van der Waals surface area contributed by atoms with Crippen molar-refractivity contribution in [1.29, 1.82) is 0 Å². The summed E-state index contributed by atoms with van der Waals surface area (Å²) in [6.07, 6.45) is 5.51. The Labute approximate surface area is 135 Å². The zero-order chi connectivity index (χ0) is 14.6. The molecular formula is C15H17Br2FN2. The average Bonchev–Trinajstić information content (AvgIpc) is 2.86. The summed E-state index contributed by atoms with van der Waals surface area (Å²) >= 11 is 7.20. The number of aryl methyl sites for hydroxylation is 2. The van der Waals surface area contributed by atoms with Crippen LogP contribution >= 0.6 is 31.9 Å². The van der Waals surface area contributed by atoms with Crippen LogP contribution in [0.1, 0.15) is 17.8 Å². The molecule has 0 radical (unpaired) electrons. The van der Waals surface area contributed by atoms with Gasteiger partial charge in [0.25, 0.3) is 0 Å². The molecule has 1 heterocycles. The molecule has 0 bridgehead atoms. The van der Waals surface area contributed by atoms with E-state index in [1.54, 1.807) is 12.1 Å². The first-order valence-corrected chi connectivity index (χ1v) is 8.70. The standard InChI is InChI=1S/C15H17Br2FN2/c1-20-8-7-19-14(20)5-6-15(10-16,11-17)12-3-2-4-13(18)9-12/h2-4,7-9H,5-6,10-11H2,1H3. The summed E-state index contributed by atoms with van der Waals surface area (Å²) in [5, 5.41) is 1.55. The highest BCUT2D eigenvalue weighted by Crippen LogP contribution is 2.34. The highest BCUT2D eigenvalue weighted by molar-refractivity contribution is 9.09. The van der Waals surface area contributed by atoms with Crippen LogP contribution in [0.25, 0.3) is 0 Å². The molecule has 2 nitrogen and oxygen atoms in total. The third-order valence-electron chi connectivity index (χ3n) is 3.70. The van der Waals surface area contributed by atoms with Crippen molar-refractivity contribution in [2.75, 3.05) is 10.7 Å². The van der Waals surface area contributed by atoms with Gasteiger partial charge in [-0.25, -0.2) is 9.37 Å². The van der Waals surface area contributed by atoms with Crippen LogP contribution in [0.5, 0.6) is 0 Å². The second kappa shape index (κ2) is 6.85. The number of benzene rings is 1. The maximum absolute atomic E-state index is 13.5. The molecule has 0 fully saturated rings. The van der Waals surface area contributed by atoms with E-state index in [4.69, 9.17) is 0 Å². The number of rotatable bonds is 6. The van der Waals surface area contributed by atoms with Gasteiger partial charge in [-0.05, 0) is 24.1 Å². The fraction of sp³-hybridized carbons (Fsp3) is 0.400. The van der Waals surface area contributed by atoms with Crippen molar-refractivity contribution in [3.8, 4) is 0 Å². The first kappa shape index (κ1) is 15.7. The Balaban J connectivity index is 2.23. The largest absolute Gasteiger partial charge is 0.338 e. The van der Waals surface area contributed by atoms with Crippen molar-refractivity contribution in [3.05, 3.63) is 53.9 Å². The third kappa shape index (κ3) is 3.31. The van der Waals surface area contributed by atoms with Gasteiger partial charge in [-0.15, -0.1) is 0 Å². The molecule has 1 aromatic heterocycles. The molecule has 2 rings (SSSR count). The SMILES string of the molecule is Cn1ccnc1CCC(CBr)(CBr)c1cccc(F)c1. The Hall–Kier alpha value is -0.680. The lowest BCUT2D eigenvalue weighted by molar-refractivity contribution is 0.489. The van der Waals surface area contributed by atoms with Crippen molar-refractivity contribution in [1.82, 2.24) is 9.55 Å². The Morgan fingerprint density at radius 3 is 2.60 bits per heavy atom. The highest BCUT2D eigenvalue weighted by atomic mass is 79.9. The number of nitrogens with zero attached hydrogens (tertiary/aromatic N) is 2. The van der Waals surface area contributed by atoms with E-state index in [0.29, 0.717) is 0 Å². The van der Waals surface area contributed by atoms with Crippen molar-refractivity contribution >= 4 is 31.9 Å². The van der Waals surface area contributed by atoms with E-state index in [0.717, 1.165) is 34.9 Å². The smallest absolute Gasteiger partial charge is 0.123 e. The van der Waals surface area contributed by atoms with Gasteiger partial charge in [0.2, 0.25) is 0 Å². The van der Waals surface area contributed by atoms with Gasteiger partial charge in [0, 0.05) is 41.9 Å². The summed E-state index contributed by atoms with van der Waals surface area (Å²) in [5.41, 5.74) is 0.883. The van der Waals surface area contributed by atoms with E-state index >= 15 is 0 Å². The highest BCUT2D eigenvalue weighted by Gasteiger charge is 2.30. The molecule has 0 aliphatic heterocycles. The number of alkyl halides is 2. The summed E-state index contributed by atoms with van der Waals surface area (Å²) in [6, 6.07) is 6.87. The Kier molecular flexibility index (Phi) is 5.38. The minimum absolute atomic E-state index is 0.131. The molecule has 0 unspecified atom stereocenters. The Morgan fingerprint density at radius 2 is 2.05 bits per heavy atom. The van der Waals surface area contributed by atoms with Crippen LogP contribution in [-0.2, 0) is 18.9 Å². The molecule has 0 aliphatic rings. The predicted octanol–water partition coefficient (Wildman–Crippen LogP) is 4.22. The van der Waals surface area contributed by atoms with Gasteiger partial charge >= 0.3 is 0 Å². The Bertz CT molecular complexity index is 565. The van der Waals surface area contributed by atoms with Crippen molar-refractivity contribution < 1.29 is 4.39 Å². The fourth-order valence-electron chi connectivity index (χ4n) is 2.27. The summed E-state index contributed by atoms with van der Waals surface area (Å²) < 4.78 is 15.5. The van der Waals surface area contributed by atoms with Crippen LogP contribution in [0.15, 0.2) is 36.7 Å². The van der Waals surface area contributed by atoms with Gasteiger partial charge in [0.1, 0.15) is 11.6 Å². The molecule has 5 heteroatoms. The van der Waals surface area contributed by atoms with E-state index < -0.39 is 0 Å². The van der Waals surface area contributed by atoms with Crippen LogP contribution < -0.4 is 0 Å². The first-order valence-electron chi connectivity index (χ1n) is 6.45. The van der Waals surface area contributed by atoms with Crippen LogP contribution in [0.2, 0.25) is 0 Å². The lowest BCUT2D eigenvalue weighted by Crippen LogP contribution is -2.31. The van der Waals surface area contributed by atoms with E-state index in [9.17, 15) is 4.39 Å². The molecule has 0 aliphatic carbocycles. The fourth-order valence-corrected chi connectivity index (χ4v) is 4.41. The summed E-state index contributed by atoms with van der Waals surface area (Å²) in [5.74, 6) is 0.860. The summed E-state index contributed by atoms with van der Waals surface area (Å²) in [6.45, 7) is 0. The maximum Gasteiger partial charge on any atom is 0.123 e. The molecule has 0 saturated heterocycles. The molecule has 0 saturated carbocycles. The first-order chi connectivity index (χ1) is 9.61. The topological polar surface area (TPSA) is 17.8 Å². The number of hydrogen-bond donors (Lipinski definition) is 0. The average molecular weight is 404 g/mol. The quantitative estimate of drug-likeness (QED) is 0.660. The summed E-state index contributed by atoms with van der Waals surface area (Å²) in [7, 11) is 1.99. The maximum atomic E-state index is 13.5. The number of aromatic nitrogens is 2. The van der Waals surface area contributed by atoms with Crippen LogP contribution in [0.3, 0.4) is 0 Å². The van der Waals surface area contributed by atoms with Crippen molar-refractivity contribution in [3.63, 3.8) is 0 Å². The van der Waals surface area contributed by atoms with E-state index in [1.807, 2.05) is 30.1 Å². The van der Waals surface area contributed by atoms with Crippen LogP contribution in [0, 0.1) is 5.82 Å². The normalized spacial score (nSPS) is 11.8. The van der Waals surface area contributed by atoms with Gasteiger partial charge in [-0.1, -0.05) is 44.0 Å². The molecule has 0 amide bonds. The molecule has 108 valence electrons. The molecule has 0 spiro atoms. The van der Waals surface area contributed by atoms with E-state index in [1.165, 1.54) is 6.07 Å². The second-order valence-electron chi connectivity index (χ2n) is 5.01. The van der Waals surface area contributed by atoms with Crippen molar-refractivity contribution in [2.45, 2.75) is 18.3 Å². The number of halogens is 3. The van der Waals surface area contributed by atoms with Gasteiger partial charge in [-0.2, -0.15) is 0 Å². The molecule has 2 aromatic rings. The number of hydrogen-bond acceptors (Lipinski definition) is 1. The Morgan fingerprint density at radius 1 is 1.30 bits per heavy atom. The monoisotopic (exact) mass is 402 g/mol. The van der Waals surface area contributed by atoms with Crippen LogP contribution in [0.4, 0.5) is 4.39 Å². The van der Waals surface area contributed by atoms with E-state index in [2.05, 4.69) is 36.8 Å². The van der Waals surface area contributed by atoms with E-state index in [-0.39, 0.29) is 11.2 Å². The third-order valence-corrected chi connectivity index (χ3v) is 5.84. The zero-order valence-corrected chi connectivity index (χ0v) is 14.5. The van der Waals surface area contributed by atoms with Crippen LogP contribution in [-0.4, -0.2) is 20.2 Å². The molecule has 0 atom stereocenters. The molecule has 20 heavy (non-hydrogen) atoms. The van der Waals surface area contributed by atoms with Crippen molar-refractivity contribution in [2.24, 2.45) is 7.05 Å². The zero-order valence-electron chi connectivity index (χ0n) is 11.3. The lowest BCUT2D eigenvalue weighted by atomic mass is 9.80. The van der Waals surface area contributed by atoms with Gasteiger partial charge in [0.05, 0.1) is 0 Å². The minimum Gasteiger partial charge on any atom is -0.338 e. The molecular weight excluding hydrogens is 387 g/mol. The van der Waals surface area contributed by atoms with Gasteiger partial charge < -0.3 is 4.57 Å². The molecule has 0 N–H and O–H groups in total. The summed E-state index contributed by atoms with van der Waals surface area (Å²) in [4.78, 5) is 4.36.